The standard InChI is InChI=1S/C13H15NO/c1-2-12(13-9-6-10-15-13)14-11-7-4-3-5-8-11/h3-10,12,14H,2H2,1H3. The minimum Gasteiger partial charge on any atom is -0.467 e. The molecule has 1 atom stereocenters. The summed E-state index contributed by atoms with van der Waals surface area (Å²) in [4.78, 5) is 0. The molecule has 0 amide bonds. The molecule has 1 aromatic heterocycles. The summed E-state index contributed by atoms with van der Waals surface area (Å²) in [6.07, 6.45) is 2.72. The molecule has 0 aliphatic carbocycles. The minimum absolute atomic E-state index is 0.252. The summed E-state index contributed by atoms with van der Waals surface area (Å²) in [5.74, 6) is 0.987. The van der Waals surface area contributed by atoms with Crippen LogP contribution in [0.5, 0.6) is 0 Å². The molecule has 0 spiro atoms. The fourth-order valence-electron chi connectivity index (χ4n) is 1.60. The highest BCUT2D eigenvalue weighted by atomic mass is 16.3. The molecule has 0 saturated carbocycles. The summed E-state index contributed by atoms with van der Waals surface area (Å²) in [5, 5.41) is 3.44. The first-order chi connectivity index (χ1) is 7.40. The zero-order valence-electron chi connectivity index (χ0n) is 8.81. The predicted octanol–water partition coefficient (Wildman–Crippen LogP) is 3.84. The lowest BCUT2D eigenvalue weighted by atomic mass is 10.1. The average Bonchev–Trinajstić information content (AvgIpc) is 2.81. The molecule has 0 bridgehead atoms. The highest BCUT2D eigenvalue weighted by Crippen LogP contribution is 2.22. The molecule has 2 heteroatoms. The van der Waals surface area contributed by atoms with Gasteiger partial charge in [0, 0.05) is 5.69 Å². The lowest BCUT2D eigenvalue weighted by molar-refractivity contribution is 0.474. The van der Waals surface area contributed by atoms with Crippen molar-refractivity contribution < 1.29 is 4.42 Å². The van der Waals surface area contributed by atoms with Gasteiger partial charge in [-0.3, -0.25) is 0 Å². The van der Waals surface area contributed by atoms with Gasteiger partial charge in [0.2, 0.25) is 0 Å². The zero-order valence-corrected chi connectivity index (χ0v) is 8.81. The van der Waals surface area contributed by atoms with Crippen LogP contribution < -0.4 is 5.32 Å². The first kappa shape index (κ1) is 9.84. The van der Waals surface area contributed by atoms with Crippen molar-refractivity contribution in [3.63, 3.8) is 0 Å². The maximum atomic E-state index is 5.40. The smallest absolute Gasteiger partial charge is 0.125 e. The van der Waals surface area contributed by atoms with Gasteiger partial charge >= 0.3 is 0 Å². The van der Waals surface area contributed by atoms with Crippen LogP contribution in [-0.4, -0.2) is 0 Å². The Kier molecular flexibility index (Phi) is 3.08. The number of furan rings is 1. The minimum atomic E-state index is 0.252. The van der Waals surface area contributed by atoms with Crippen molar-refractivity contribution in [1.29, 1.82) is 0 Å². The molecule has 1 unspecified atom stereocenters. The van der Waals surface area contributed by atoms with E-state index in [1.54, 1.807) is 6.26 Å². The first-order valence-electron chi connectivity index (χ1n) is 5.25. The summed E-state index contributed by atoms with van der Waals surface area (Å²) in [6.45, 7) is 2.14. The SMILES string of the molecule is CCC(Nc1ccccc1)c1ccco1. The molecule has 0 saturated heterocycles. The Morgan fingerprint density at radius 2 is 1.93 bits per heavy atom. The van der Waals surface area contributed by atoms with Crippen LogP contribution in [0.2, 0.25) is 0 Å². The Bertz CT molecular complexity index is 380. The van der Waals surface area contributed by atoms with E-state index in [9.17, 15) is 0 Å². The monoisotopic (exact) mass is 201 g/mol. The molecule has 2 aromatic rings. The maximum absolute atomic E-state index is 5.40. The molecule has 15 heavy (non-hydrogen) atoms. The maximum Gasteiger partial charge on any atom is 0.125 e. The van der Waals surface area contributed by atoms with Crippen molar-refractivity contribution >= 4 is 5.69 Å². The second-order valence-corrected chi connectivity index (χ2v) is 3.49. The van der Waals surface area contributed by atoms with E-state index < -0.39 is 0 Å². The van der Waals surface area contributed by atoms with Crippen molar-refractivity contribution in [2.75, 3.05) is 5.32 Å². The van der Waals surface area contributed by atoms with Gasteiger partial charge in [-0.25, -0.2) is 0 Å². The van der Waals surface area contributed by atoms with Gasteiger partial charge in [-0.1, -0.05) is 25.1 Å². The third-order valence-electron chi connectivity index (χ3n) is 2.41. The van der Waals surface area contributed by atoms with Gasteiger partial charge in [0.15, 0.2) is 0 Å². The molecule has 0 radical (unpaired) electrons. The summed E-state index contributed by atoms with van der Waals surface area (Å²) < 4.78 is 5.40. The number of benzene rings is 1. The third-order valence-corrected chi connectivity index (χ3v) is 2.41. The third kappa shape index (κ3) is 2.40. The fourth-order valence-corrected chi connectivity index (χ4v) is 1.60. The van der Waals surface area contributed by atoms with Gasteiger partial charge in [-0.2, -0.15) is 0 Å². The van der Waals surface area contributed by atoms with Crippen molar-refractivity contribution in [1.82, 2.24) is 0 Å². The predicted molar refractivity (Wildman–Crippen MR) is 61.8 cm³/mol. The van der Waals surface area contributed by atoms with E-state index in [2.05, 4.69) is 24.4 Å². The summed E-state index contributed by atoms with van der Waals surface area (Å²) >= 11 is 0. The van der Waals surface area contributed by atoms with E-state index in [0.717, 1.165) is 17.9 Å². The van der Waals surface area contributed by atoms with Gasteiger partial charge in [0.1, 0.15) is 5.76 Å². The molecule has 1 aromatic carbocycles. The molecule has 0 aliphatic rings. The van der Waals surface area contributed by atoms with Crippen LogP contribution in [0.25, 0.3) is 0 Å². The van der Waals surface area contributed by atoms with E-state index in [-0.39, 0.29) is 6.04 Å². The molecule has 78 valence electrons. The Balaban J connectivity index is 2.10. The second-order valence-electron chi connectivity index (χ2n) is 3.49. The Morgan fingerprint density at radius 3 is 2.53 bits per heavy atom. The molecule has 2 nitrogen and oxygen atoms in total. The Labute approximate surface area is 89.9 Å². The van der Waals surface area contributed by atoms with E-state index >= 15 is 0 Å². The van der Waals surface area contributed by atoms with Gasteiger partial charge in [0.25, 0.3) is 0 Å². The Hall–Kier alpha value is -1.70. The summed E-state index contributed by atoms with van der Waals surface area (Å²) in [5.41, 5.74) is 1.13. The van der Waals surface area contributed by atoms with Crippen molar-refractivity contribution in [3.05, 3.63) is 54.5 Å². The van der Waals surface area contributed by atoms with Crippen LogP contribution in [-0.2, 0) is 0 Å². The summed E-state index contributed by atoms with van der Waals surface area (Å²) in [7, 11) is 0. The molecular formula is C13H15NO. The number of anilines is 1. The van der Waals surface area contributed by atoms with Crippen LogP contribution in [0.4, 0.5) is 5.69 Å². The molecule has 1 N–H and O–H groups in total. The highest BCUT2D eigenvalue weighted by Gasteiger charge is 2.10. The second kappa shape index (κ2) is 4.69. The van der Waals surface area contributed by atoms with E-state index in [1.807, 2.05) is 30.3 Å². The normalized spacial score (nSPS) is 12.3. The molecule has 0 fully saturated rings. The van der Waals surface area contributed by atoms with Gasteiger partial charge < -0.3 is 9.73 Å². The average molecular weight is 201 g/mol. The first-order valence-corrected chi connectivity index (χ1v) is 5.25. The number of nitrogens with one attached hydrogen (secondary N) is 1. The molecule has 0 aliphatic heterocycles. The number of hydrogen-bond donors (Lipinski definition) is 1. The van der Waals surface area contributed by atoms with Crippen molar-refractivity contribution in [3.8, 4) is 0 Å². The van der Waals surface area contributed by atoms with Crippen LogP contribution in [0.15, 0.2) is 53.1 Å². The largest absolute Gasteiger partial charge is 0.467 e. The van der Waals surface area contributed by atoms with Crippen molar-refractivity contribution in [2.24, 2.45) is 0 Å². The molecule has 2 rings (SSSR count). The Morgan fingerprint density at radius 1 is 1.13 bits per heavy atom. The van der Waals surface area contributed by atoms with Crippen LogP contribution in [0, 0.1) is 0 Å². The van der Waals surface area contributed by atoms with E-state index in [0.29, 0.717) is 0 Å². The number of hydrogen-bond acceptors (Lipinski definition) is 2. The van der Waals surface area contributed by atoms with E-state index in [1.165, 1.54) is 0 Å². The number of para-hydroxylation sites is 1. The molecule has 1 heterocycles. The lowest BCUT2D eigenvalue weighted by Gasteiger charge is -2.15. The summed E-state index contributed by atoms with van der Waals surface area (Å²) in [6, 6.07) is 14.4. The fraction of sp³-hybridized carbons (Fsp3) is 0.231. The van der Waals surface area contributed by atoms with Crippen molar-refractivity contribution in [2.45, 2.75) is 19.4 Å². The quantitative estimate of drug-likeness (QED) is 0.813. The molecular weight excluding hydrogens is 186 g/mol. The lowest BCUT2D eigenvalue weighted by Crippen LogP contribution is -2.08. The van der Waals surface area contributed by atoms with Gasteiger partial charge in [-0.15, -0.1) is 0 Å². The van der Waals surface area contributed by atoms with Crippen LogP contribution in [0.1, 0.15) is 25.1 Å². The van der Waals surface area contributed by atoms with Crippen LogP contribution in [0.3, 0.4) is 0 Å². The van der Waals surface area contributed by atoms with E-state index in [4.69, 9.17) is 4.42 Å². The van der Waals surface area contributed by atoms with Crippen LogP contribution >= 0.6 is 0 Å². The number of rotatable bonds is 4. The highest BCUT2D eigenvalue weighted by molar-refractivity contribution is 5.44. The van der Waals surface area contributed by atoms with Gasteiger partial charge in [-0.05, 0) is 30.7 Å². The van der Waals surface area contributed by atoms with Gasteiger partial charge in [0.05, 0.1) is 12.3 Å². The zero-order chi connectivity index (χ0) is 10.5. The topological polar surface area (TPSA) is 25.2 Å².